The highest BCUT2D eigenvalue weighted by Gasteiger charge is 2.31. The van der Waals surface area contributed by atoms with Gasteiger partial charge in [-0.3, -0.25) is 9.69 Å². The van der Waals surface area contributed by atoms with Crippen LogP contribution in [0.1, 0.15) is 22.3 Å². The van der Waals surface area contributed by atoms with Crippen LogP contribution in [0.5, 0.6) is 0 Å². The van der Waals surface area contributed by atoms with Crippen molar-refractivity contribution in [2.24, 2.45) is 0 Å². The molecule has 3 rings (SSSR count). The smallest absolute Gasteiger partial charge is 0.321 e. The first-order valence-electron chi connectivity index (χ1n) is 7.22. The van der Waals surface area contributed by atoms with E-state index in [1.165, 1.54) is 11.1 Å². The monoisotopic (exact) mass is 281 g/mol. The van der Waals surface area contributed by atoms with Gasteiger partial charge in [-0.2, -0.15) is 0 Å². The molecule has 1 aliphatic rings. The zero-order valence-corrected chi connectivity index (χ0v) is 12.1. The first kappa shape index (κ1) is 13.8. The third kappa shape index (κ3) is 2.98. The molecule has 0 amide bonds. The van der Waals surface area contributed by atoms with Crippen LogP contribution in [0.2, 0.25) is 0 Å². The van der Waals surface area contributed by atoms with Crippen LogP contribution in [0, 0.1) is 6.92 Å². The van der Waals surface area contributed by atoms with Crippen LogP contribution in [0.25, 0.3) is 0 Å². The summed E-state index contributed by atoms with van der Waals surface area (Å²) in [7, 11) is 0. The van der Waals surface area contributed by atoms with Gasteiger partial charge in [0, 0.05) is 13.1 Å². The topological polar surface area (TPSA) is 40.5 Å². The summed E-state index contributed by atoms with van der Waals surface area (Å²) in [6, 6.07) is 16.0. The van der Waals surface area contributed by atoms with Gasteiger partial charge in [0.25, 0.3) is 0 Å². The van der Waals surface area contributed by atoms with E-state index in [-0.39, 0.29) is 0 Å². The fourth-order valence-corrected chi connectivity index (χ4v) is 2.91. The molecule has 0 spiro atoms. The minimum absolute atomic E-state index is 0.443. The number of hydrogen-bond donors (Lipinski definition) is 1. The lowest BCUT2D eigenvalue weighted by atomic mass is 9.93. The zero-order valence-electron chi connectivity index (χ0n) is 12.1. The van der Waals surface area contributed by atoms with Crippen molar-refractivity contribution in [2.75, 3.05) is 0 Å². The van der Waals surface area contributed by atoms with Crippen molar-refractivity contribution < 1.29 is 9.90 Å². The summed E-state index contributed by atoms with van der Waals surface area (Å²) in [4.78, 5) is 13.6. The van der Waals surface area contributed by atoms with E-state index in [2.05, 4.69) is 42.2 Å². The number of carboxylic acid groups (broad SMARTS) is 1. The van der Waals surface area contributed by atoms with Crippen molar-refractivity contribution in [3.63, 3.8) is 0 Å². The molecule has 1 atom stereocenters. The van der Waals surface area contributed by atoms with Gasteiger partial charge in [0.15, 0.2) is 0 Å². The van der Waals surface area contributed by atoms with Crippen LogP contribution < -0.4 is 0 Å². The highest BCUT2D eigenvalue weighted by atomic mass is 16.4. The summed E-state index contributed by atoms with van der Waals surface area (Å²) in [5.74, 6) is -0.739. The van der Waals surface area contributed by atoms with Crippen LogP contribution in [0.15, 0.2) is 48.5 Å². The van der Waals surface area contributed by atoms with E-state index >= 15 is 0 Å². The van der Waals surface area contributed by atoms with E-state index in [9.17, 15) is 9.90 Å². The molecule has 0 saturated carbocycles. The maximum absolute atomic E-state index is 11.6. The van der Waals surface area contributed by atoms with Crippen molar-refractivity contribution >= 4 is 5.97 Å². The fraction of sp³-hybridized carbons (Fsp3) is 0.278. The third-order valence-corrected chi connectivity index (χ3v) is 4.14. The van der Waals surface area contributed by atoms with E-state index in [1.54, 1.807) is 0 Å². The lowest BCUT2D eigenvalue weighted by Crippen LogP contribution is -2.44. The summed E-state index contributed by atoms with van der Waals surface area (Å²) in [5.41, 5.74) is 4.77. The number of benzene rings is 2. The molecule has 0 aliphatic carbocycles. The molecular weight excluding hydrogens is 262 g/mol. The highest BCUT2D eigenvalue weighted by molar-refractivity contribution is 5.74. The highest BCUT2D eigenvalue weighted by Crippen LogP contribution is 2.25. The molecule has 1 aliphatic heterocycles. The Kier molecular flexibility index (Phi) is 3.76. The van der Waals surface area contributed by atoms with Gasteiger partial charge in [0.1, 0.15) is 6.04 Å². The van der Waals surface area contributed by atoms with Crippen molar-refractivity contribution in [1.82, 2.24) is 4.90 Å². The van der Waals surface area contributed by atoms with E-state index in [1.807, 2.05) is 18.2 Å². The number of fused-ring (bicyclic) bond motifs is 1. The molecule has 0 saturated heterocycles. The molecule has 3 nitrogen and oxygen atoms in total. The Labute approximate surface area is 124 Å². The Balaban J connectivity index is 1.85. The quantitative estimate of drug-likeness (QED) is 0.940. The van der Waals surface area contributed by atoms with Crippen LogP contribution in [0.4, 0.5) is 0 Å². The number of aliphatic carboxylic acids is 1. The van der Waals surface area contributed by atoms with E-state index in [0.717, 1.165) is 11.1 Å². The van der Waals surface area contributed by atoms with Gasteiger partial charge in [-0.15, -0.1) is 0 Å². The molecule has 0 unspecified atom stereocenters. The Morgan fingerprint density at radius 2 is 1.81 bits per heavy atom. The van der Waals surface area contributed by atoms with Gasteiger partial charge >= 0.3 is 5.97 Å². The molecule has 108 valence electrons. The van der Waals surface area contributed by atoms with Gasteiger partial charge in [-0.25, -0.2) is 0 Å². The molecular formula is C18H19NO2. The summed E-state index contributed by atoms with van der Waals surface area (Å²) in [6.45, 7) is 3.42. The summed E-state index contributed by atoms with van der Waals surface area (Å²) in [5, 5.41) is 9.51. The Morgan fingerprint density at radius 1 is 1.14 bits per heavy atom. The second-order valence-corrected chi connectivity index (χ2v) is 5.72. The molecule has 1 N–H and O–H groups in total. The SMILES string of the molecule is Cc1ccc(CN2Cc3ccccc3C[C@H]2C(=O)O)cc1. The van der Waals surface area contributed by atoms with Crippen molar-refractivity contribution in [3.05, 3.63) is 70.8 Å². The molecule has 0 aromatic heterocycles. The van der Waals surface area contributed by atoms with Crippen LogP contribution in [0.3, 0.4) is 0 Å². The normalized spacial score (nSPS) is 18.2. The van der Waals surface area contributed by atoms with Crippen molar-refractivity contribution in [3.8, 4) is 0 Å². The second-order valence-electron chi connectivity index (χ2n) is 5.72. The van der Waals surface area contributed by atoms with Crippen LogP contribution in [-0.4, -0.2) is 22.0 Å². The van der Waals surface area contributed by atoms with Gasteiger partial charge in [-0.1, -0.05) is 54.1 Å². The van der Waals surface area contributed by atoms with Gasteiger partial charge < -0.3 is 5.11 Å². The summed E-state index contributed by atoms with van der Waals surface area (Å²) in [6.07, 6.45) is 0.581. The zero-order chi connectivity index (χ0) is 14.8. The Hall–Kier alpha value is -2.13. The number of carbonyl (C=O) groups is 1. The van der Waals surface area contributed by atoms with E-state index < -0.39 is 12.0 Å². The molecule has 1 heterocycles. The molecule has 0 fully saturated rings. The second kappa shape index (κ2) is 5.70. The first-order valence-corrected chi connectivity index (χ1v) is 7.22. The lowest BCUT2D eigenvalue weighted by Gasteiger charge is -2.34. The largest absolute Gasteiger partial charge is 0.480 e. The van der Waals surface area contributed by atoms with Gasteiger partial charge in [0.2, 0.25) is 0 Å². The number of carboxylic acids is 1. The summed E-state index contributed by atoms with van der Waals surface area (Å²) < 4.78 is 0. The minimum atomic E-state index is -0.739. The van der Waals surface area contributed by atoms with Gasteiger partial charge in [-0.05, 0) is 30.0 Å². The number of nitrogens with zero attached hydrogens (tertiary/aromatic N) is 1. The Bertz CT molecular complexity index is 649. The average molecular weight is 281 g/mol. The average Bonchev–Trinajstić information content (AvgIpc) is 2.48. The maximum Gasteiger partial charge on any atom is 0.321 e. The predicted molar refractivity (Wildman–Crippen MR) is 82.0 cm³/mol. The van der Waals surface area contributed by atoms with Crippen molar-refractivity contribution in [1.29, 1.82) is 0 Å². The number of hydrogen-bond acceptors (Lipinski definition) is 2. The molecule has 0 radical (unpaired) electrons. The van der Waals surface area contributed by atoms with Crippen LogP contribution in [-0.2, 0) is 24.3 Å². The molecule has 2 aromatic carbocycles. The third-order valence-electron chi connectivity index (χ3n) is 4.14. The maximum atomic E-state index is 11.6. The van der Waals surface area contributed by atoms with E-state index in [4.69, 9.17) is 0 Å². The minimum Gasteiger partial charge on any atom is -0.480 e. The lowest BCUT2D eigenvalue weighted by molar-refractivity contribution is -0.144. The Morgan fingerprint density at radius 3 is 2.48 bits per heavy atom. The first-order chi connectivity index (χ1) is 10.1. The molecule has 0 bridgehead atoms. The summed E-state index contributed by atoms with van der Waals surface area (Å²) >= 11 is 0. The molecule has 2 aromatic rings. The fourth-order valence-electron chi connectivity index (χ4n) is 2.91. The van der Waals surface area contributed by atoms with Gasteiger partial charge in [0.05, 0.1) is 0 Å². The van der Waals surface area contributed by atoms with E-state index in [0.29, 0.717) is 19.5 Å². The standard InChI is InChI=1S/C18H19NO2/c1-13-6-8-14(9-7-13)11-19-12-16-5-3-2-4-15(16)10-17(19)18(20)21/h2-9,17H,10-12H2,1H3,(H,20,21)/t17-/m0/s1. The van der Waals surface area contributed by atoms with Crippen LogP contribution >= 0.6 is 0 Å². The molecule has 21 heavy (non-hydrogen) atoms. The molecule has 3 heteroatoms. The predicted octanol–water partition coefficient (Wildman–Crippen LogP) is 3.01. The number of rotatable bonds is 3. The van der Waals surface area contributed by atoms with Crippen molar-refractivity contribution in [2.45, 2.75) is 32.5 Å². The number of aryl methyl sites for hydroxylation is 1.